The van der Waals surface area contributed by atoms with E-state index < -0.39 is 0 Å². The first kappa shape index (κ1) is 15.3. The normalized spacial score (nSPS) is 18.8. The first-order chi connectivity index (χ1) is 9.75. The Bertz CT molecular complexity index is 435. The van der Waals surface area contributed by atoms with Crippen LogP contribution in [0.2, 0.25) is 5.02 Å². The minimum absolute atomic E-state index is 0.0854. The molecule has 1 amide bonds. The van der Waals surface area contributed by atoms with E-state index in [1.807, 2.05) is 18.2 Å². The van der Waals surface area contributed by atoms with Crippen molar-refractivity contribution in [1.29, 1.82) is 0 Å². The smallest absolute Gasteiger partial charge is 0.269 e. The van der Waals surface area contributed by atoms with Gasteiger partial charge in [0.2, 0.25) is 0 Å². The van der Waals surface area contributed by atoms with Crippen molar-refractivity contribution >= 4 is 17.5 Å². The number of hydrogen-bond acceptors (Lipinski definition) is 4. The maximum absolute atomic E-state index is 11.5. The first-order valence-electron chi connectivity index (χ1n) is 6.63. The highest BCUT2D eigenvalue weighted by Gasteiger charge is 2.15. The predicted octanol–water partition coefficient (Wildman–Crippen LogP) is 2.43. The van der Waals surface area contributed by atoms with Gasteiger partial charge in [0.05, 0.1) is 6.61 Å². The van der Waals surface area contributed by atoms with Crippen molar-refractivity contribution in [2.75, 3.05) is 13.2 Å². The summed E-state index contributed by atoms with van der Waals surface area (Å²) in [5, 5.41) is 0.625. The molecule has 2 rings (SSSR count). The second-order valence-corrected chi connectivity index (χ2v) is 4.93. The molecule has 1 saturated heterocycles. The third kappa shape index (κ3) is 5.09. The number of hydroxylamine groups is 1. The van der Waals surface area contributed by atoms with Gasteiger partial charge >= 0.3 is 0 Å². The molecule has 1 atom stereocenters. The maximum atomic E-state index is 11.5. The van der Waals surface area contributed by atoms with Crippen LogP contribution < -0.4 is 5.48 Å². The van der Waals surface area contributed by atoms with Gasteiger partial charge in [-0.3, -0.25) is 4.79 Å². The quantitative estimate of drug-likeness (QED) is 0.820. The van der Waals surface area contributed by atoms with Crippen molar-refractivity contribution < 1.29 is 19.1 Å². The highest BCUT2D eigenvalue weighted by Crippen LogP contribution is 2.15. The lowest BCUT2D eigenvalue weighted by Gasteiger charge is -2.22. The van der Waals surface area contributed by atoms with Gasteiger partial charge in [-0.15, -0.1) is 0 Å². The molecule has 0 radical (unpaired) electrons. The summed E-state index contributed by atoms with van der Waals surface area (Å²) < 4.78 is 10.6. The summed E-state index contributed by atoms with van der Waals surface area (Å²) in [6.07, 6.45) is 2.52. The van der Waals surface area contributed by atoms with Gasteiger partial charge in [0.1, 0.15) is 6.61 Å². The predicted molar refractivity (Wildman–Crippen MR) is 73.9 cm³/mol. The number of hydrogen-bond donors (Lipinski definition) is 1. The second-order valence-electron chi connectivity index (χ2n) is 4.52. The monoisotopic (exact) mass is 299 g/mol. The van der Waals surface area contributed by atoms with Crippen LogP contribution in [0, 0.1) is 0 Å². The lowest BCUT2D eigenvalue weighted by molar-refractivity contribution is -0.202. The van der Waals surface area contributed by atoms with E-state index in [0.29, 0.717) is 11.6 Å². The fraction of sp³-hybridized carbons (Fsp3) is 0.500. The summed E-state index contributed by atoms with van der Waals surface area (Å²) in [6.45, 7) is 0.870. The summed E-state index contributed by atoms with van der Waals surface area (Å²) in [4.78, 5) is 16.7. The number of benzene rings is 1. The number of amides is 1. The third-order valence-electron chi connectivity index (χ3n) is 2.89. The van der Waals surface area contributed by atoms with Crippen LogP contribution in [0.15, 0.2) is 24.3 Å². The molecule has 0 aromatic heterocycles. The van der Waals surface area contributed by atoms with E-state index in [4.69, 9.17) is 25.9 Å². The second kappa shape index (κ2) is 8.21. The van der Waals surface area contributed by atoms with Gasteiger partial charge in [0.25, 0.3) is 5.91 Å². The van der Waals surface area contributed by atoms with E-state index in [1.165, 1.54) is 0 Å². The molecule has 1 heterocycles. The zero-order chi connectivity index (χ0) is 14.2. The standard InChI is InChI=1S/C14H18ClNO4/c15-12-6-2-1-5-11(12)9-18-10-13(17)16-20-14-7-3-4-8-19-14/h1-2,5-6,14H,3-4,7-10H2,(H,16,17). The molecule has 1 fully saturated rings. The summed E-state index contributed by atoms with van der Waals surface area (Å²) in [6, 6.07) is 7.35. The molecule has 20 heavy (non-hydrogen) atoms. The lowest BCUT2D eigenvalue weighted by atomic mass is 10.2. The van der Waals surface area contributed by atoms with Gasteiger partial charge in [-0.05, 0) is 24.5 Å². The molecule has 0 saturated carbocycles. The molecular formula is C14H18ClNO4. The minimum atomic E-state index is -0.351. The van der Waals surface area contributed by atoms with E-state index >= 15 is 0 Å². The van der Waals surface area contributed by atoms with Crippen molar-refractivity contribution in [3.05, 3.63) is 34.9 Å². The average molecular weight is 300 g/mol. The summed E-state index contributed by atoms with van der Waals surface area (Å²) >= 11 is 5.98. The van der Waals surface area contributed by atoms with Crippen LogP contribution in [-0.4, -0.2) is 25.4 Å². The fourth-order valence-corrected chi connectivity index (χ4v) is 2.02. The van der Waals surface area contributed by atoms with Crippen molar-refractivity contribution in [3.8, 4) is 0 Å². The Kier molecular flexibility index (Phi) is 6.26. The van der Waals surface area contributed by atoms with Crippen molar-refractivity contribution in [2.24, 2.45) is 0 Å². The van der Waals surface area contributed by atoms with Crippen molar-refractivity contribution in [2.45, 2.75) is 32.2 Å². The maximum Gasteiger partial charge on any atom is 0.269 e. The van der Waals surface area contributed by atoms with Gasteiger partial charge in [-0.1, -0.05) is 29.8 Å². The number of ether oxygens (including phenoxy) is 2. The highest BCUT2D eigenvalue weighted by atomic mass is 35.5. The first-order valence-corrected chi connectivity index (χ1v) is 7.01. The molecule has 5 nitrogen and oxygen atoms in total. The van der Waals surface area contributed by atoms with Gasteiger partial charge < -0.3 is 9.47 Å². The Labute approximate surface area is 123 Å². The molecule has 1 aromatic rings. The Hall–Kier alpha value is -1.14. The number of carbonyl (C=O) groups is 1. The number of nitrogens with one attached hydrogen (secondary N) is 1. The van der Waals surface area contributed by atoms with E-state index in [1.54, 1.807) is 6.07 Å². The van der Waals surface area contributed by atoms with Crippen LogP contribution in [0.25, 0.3) is 0 Å². The molecular weight excluding hydrogens is 282 g/mol. The largest absolute Gasteiger partial charge is 0.367 e. The SMILES string of the molecule is O=C(COCc1ccccc1Cl)NOC1CCCCO1. The Morgan fingerprint density at radius 2 is 2.25 bits per heavy atom. The topological polar surface area (TPSA) is 56.8 Å². The zero-order valence-electron chi connectivity index (χ0n) is 11.1. The zero-order valence-corrected chi connectivity index (χ0v) is 11.9. The average Bonchev–Trinajstić information content (AvgIpc) is 2.48. The van der Waals surface area contributed by atoms with Crippen LogP contribution in [0.3, 0.4) is 0 Å². The number of carbonyl (C=O) groups excluding carboxylic acids is 1. The summed E-state index contributed by atoms with van der Waals surface area (Å²) in [7, 11) is 0. The van der Waals surface area contributed by atoms with Crippen LogP contribution in [0.1, 0.15) is 24.8 Å². The molecule has 110 valence electrons. The van der Waals surface area contributed by atoms with E-state index in [0.717, 1.165) is 24.8 Å². The van der Waals surface area contributed by atoms with Crippen molar-refractivity contribution in [1.82, 2.24) is 5.48 Å². The molecule has 0 bridgehead atoms. The Balaban J connectivity index is 1.61. The molecule has 1 aromatic carbocycles. The van der Waals surface area contributed by atoms with E-state index in [2.05, 4.69) is 5.48 Å². The number of rotatable bonds is 6. The molecule has 1 aliphatic rings. The number of halogens is 1. The van der Waals surface area contributed by atoms with Crippen LogP contribution in [0.5, 0.6) is 0 Å². The van der Waals surface area contributed by atoms with Gasteiger partial charge in [0.15, 0.2) is 6.29 Å². The van der Waals surface area contributed by atoms with Gasteiger partial charge in [-0.2, -0.15) is 0 Å². The molecule has 1 aliphatic heterocycles. The fourth-order valence-electron chi connectivity index (χ4n) is 1.83. The molecule has 6 heteroatoms. The summed E-state index contributed by atoms with van der Waals surface area (Å²) in [5.41, 5.74) is 3.18. The molecule has 0 spiro atoms. The van der Waals surface area contributed by atoms with Crippen LogP contribution >= 0.6 is 11.6 Å². The summed E-state index contributed by atoms with van der Waals surface area (Å²) in [5.74, 6) is -0.341. The molecule has 0 aliphatic carbocycles. The lowest BCUT2D eigenvalue weighted by Crippen LogP contribution is -2.35. The molecule has 1 N–H and O–H groups in total. The van der Waals surface area contributed by atoms with Crippen molar-refractivity contribution in [3.63, 3.8) is 0 Å². The Morgan fingerprint density at radius 1 is 1.40 bits per heavy atom. The van der Waals surface area contributed by atoms with E-state index in [9.17, 15) is 4.79 Å². The van der Waals surface area contributed by atoms with Crippen LogP contribution in [-0.2, 0) is 25.7 Å². The third-order valence-corrected chi connectivity index (χ3v) is 3.26. The van der Waals surface area contributed by atoms with E-state index in [-0.39, 0.29) is 25.4 Å². The minimum Gasteiger partial charge on any atom is -0.367 e. The Morgan fingerprint density at radius 3 is 3.00 bits per heavy atom. The highest BCUT2D eigenvalue weighted by molar-refractivity contribution is 6.31. The van der Waals surface area contributed by atoms with Gasteiger partial charge in [-0.25, -0.2) is 10.3 Å². The van der Waals surface area contributed by atoms with Gasteiger partial charge in [0, 0.05) is 18.1 Å². The molecule has 1 unspecified atom stereocenters. The van der Waals surface area contributed by atoms with Crippen LogP contribution in [0.4, 0.5) is 0 Å².